The Labute approximate surface area is 111 Å². The summed E-state index contributed by atoms with van der Waals surface area (Å²) in [4.78, 5) is 26.5. The van der Waals surface area contributed by atoms with Crippen molar-refractivity contribution in [3.05, 3.63) is 28.8 Å². The van der Waals surface area contributed by atoms with Crippen molar-refractivity contribution in [1.29, 1.82) is 0 Å². The van der Waals surface area contributed by atoms with Crippen LogP contribution in [0.3, 0.4) is 0 Å². The van der Waals surface area contributed by atoms with E-state index in [1.54, 1.807) is 30.1 Å². The van der Waals surface area contributed by atoms with Crippen LogP contribution in [0.2, 0.25) is 5.02 Å². The molecule has 0 saturated carbocycles. The Morgan fingerprint density at radius 2 is 2.11 bits per heavy atom. The standard InChI is InChI=1S/C13H15ClN2O2/c1-15-5-2-6-16(8-13(15)18)12-7-11(14)4-3-10(12)9-17/h3-4,7,9H,2,5-6,8H2,1H3. The third kappa shape index (κ3) is 2.64. The summed E-state index contributed by atoms with van der Waals surface area (Å²) in [5.41, 5.74) is 1.30. The third-order valence-corrected chi connectivity index (χ3v) is 3.37. The first-order chi connectivity index (χ1) is 8.61. The van der Waals surface area contributed by atoms with Gasteiger partial charge in [-0.05, 0) is 24.6 Å². The average molecular weight is 267 g/mol. The van der Waals surface area contributed by atoms with Crippen molar-refractivity contribution in [1.82, 2.24) is 4.90 Å². The maximum Gasteiger partial charge on any atom is 0.241 e. The molecule has 1 aromatic carbocycles. The van der Waals surface area contributed by atoms with Crippen LogP contribution in [0.25, 0.3) is 0 Å². The highest BCUT2D eigenvalue weighted by atomic mass is 35.5. The molecule has 1 amide bonds. The van der Waals surface area contributed by atoms with Gasteiger partial charge in [0, 0.05) is 36.4 Å². The zero-order valence-electron chi connectivity index (χ0n) is 10.2. The minimum Gasteiger partial charge on any atom is -0.362 e. The number of amides is 1. The van der Waals surface area contributed by atoms with Crippen LogP contribution in [0.4, 0.5) is 5.69 Å². The van der Waals surface area contributed by atoms with Crippen LogP contribution < -0.4 is 4.90 Å². The number of carbonyl (C=O) groups excluding carboxylic acids is 2. The van der Waals surface area contributed by atoms with E-state index in [2.05, 4.69) is 0 Å². The highest BCUT2D eigenvalue weighted by Crippen LogP contribution is 2.25. The van der Waals surface area contributed by atoms with E-state index in [1.165, 1.54) is 0 Å². The smallest absolute Gasteiger partial charge is 0.241 e. The van der Waals surface area contributed by atoms with Crippen molar-refractivity contribution in [3.63, 3.8) is 0 Å². The van der Waals surface area contributed by atoms with Crippen molar-refractivity contribution in [2.45, 2.75) is 6.42 Å². The van der Waals surface area contributed by atoms with Gasteiger partial charge in [0.15, 0.2) is 6.29 Å². The molecule has 1 aromatic rings. The van der Waals surface area contributed by atoms with E-state index in [0.29, 0.717) is 10.6 Å². The fourth-order valence-electron chi connectivity index (χ4n) is 2.08. The van der Waals surface area contributed by atoms with Crippen LogP contribution in [0.5, 0.6) is 0 Å². The molecule has 0 aliphatic carbocycles. The molecule has 2 rings (SSSR count). The van der Waals surface area contributed by atoms with E-state index >= 15 is 0 Å². The Hall–Kier alpha value is -1.55. The van der Waals surface area contributed by atoms with Crippen LogP contribution in [0.1, 0.15) is 16.8 Å². The molecule has 0 atom stereocenters. The van der Waals surface area contributed by atoms with Crippen LogP contribution in [-0.2, 0) is 4.79 Å². The van der Waals surface area contributed by atoms with Gasteiger partial charge in [-0.15, -0.1) is 0 Å². The van der Waals surface area contributed by atoms with E-state index in [1.807, 2.05) is 4.90 Å². The van der Waals surface area contributed by atoms with E-state index in [9.17, 15) is 9.59 Å². The van der Waals surface area contributed by atoms with Crippen LogP contribution >= 0.6 is 11.6 Å². The number of anilines is 1. The largest absolute Gasteiger partial charge is 0.362 e. The van der Waals surface area contributed by atoms with Crippen molar-refractivity contribution >= 4 is 29.5 Å². The lowest BCUT2D eigenvalue weighted by molar-refractivity contribution is -0.127. The second-order valence-electron chi connectivity index (χ2n) is 4.41. The van der Waals surface area contributed by atoms with Gasteiger partial charge in [-0.2, -0.15) is 0 Å². The molecule has 1 aliphatic heterocycles. The number of aldehydes is 1. The topological polar surface area (TPSA) is 40.6 Å². The molecule has 0 radical (unpaired) electrons. The molecule has 1 saturated heterocycles. The Balaban J connectivity index is 2.32. The molecule has 0 aromatic heterocycles. The SMILES string of the molecule is CN1CCCN(c2cc(Cl)ccc2C=O)CC1=O. The Kier molecular flexibility index (Phi) is 3.87. The third-order valence-electron chi connectivity index (χ3n) is 3.13. The van der Waals surface area contributed by atoms with Gasteiger partial charge in [0.25, 0.3) is 0 Å². The van der Waals surface area contributed by atoms with Crippen LogP contribution in [0.15, 0.2) is 18.2 Å². The fourth-order valence-corrected chi connectivity index (χ4v) is 2.25. The molecule has 96 valence electrons. The van der Waals surface area contributed by atoms with Gasteiger partial charge in [0.05, 0.1) is 6.54 Å². The van der Waals surface area contributed by atoms with Crippen molar-refractivity contribution < 1.29 is 9.59 Å². The summed E-state index contributed by atoms with van der Waals surface area (Å²) in [5, 5.41) is 0.570. The Morgan fingerprint density at radius 3 is 2.83 bits per heavy atom. The van der Waals surface area contributed by atoms with Crippen molar-refractivity contribution in [2.75, 3.05) is 31.6 Å². The van der Waals surface area contributed by atoms with Crippen molar-refractivity contribution in [3.8, 4) is 0 Å². The summed E-state index contributed by atoms with van der Waals surface area (Å²) in [6, 6.07) is 5.11. The Bertz CT molecular complexity index is 476. The summed E-state index contributed by atoms with van der Waals surface area (Å²) < 4.78 is 0. The minimum absolute atomic E-state index is 0.0596. The molecular formula is C13H15ClN2O2. The van der Waals surface area contributed by atoms with Gasteiger partial charge in [-0.3, -0.25) is 9.59 Å². The molecular weight excluding hydrogens is 252 g/mol. The minimum atomic E-state index is 0.0596. The molecule has 0 N–H and O–H groups in total. The van der Waals surface area contributed by atoms with Crippen LogP contribution in [-0.4, -0.2) is 43.8 Å². The Morgan fingerprint density at radius 1 is 1.33 bits per heavy atom. The van der Waals surface area contributed by atoms with Gasteiger partial charge in [0.1, 0.15) is 0 Å². The number of hydrogen-bond acceptors (Lipinski definition) is 3. The fraction of sp³-hybridized carbons (Fsp3) is 0.385. The maximum absolute atomic E-state index is 11.8. The monoisotopic (exact) mass is 266 g/mol. The molecule has 1 fully saturated rings. The highest BCUT2D eigenvalue weighted by molar-refractivity contribution is 6.31. The quantitative estimate of drug-likeness (QED) is 0.767. The number of likely N-dealkylation sites (N-methyl/N-ethyl adjacent to an activating group) is 1. The lowest BCUT2D eigenvalue weighted by Crippen LogP contribution is -2.34. The maximum atomic E-state index is 11.8. The number of nitrogens with zero attached hydrogens (tertiary/aromatic N) is 2. The normalized spacial score (nSPS) is 16.7. The number of rotatable bonds is 2. The number of benzene rings is 1. The summed E-state index contributed by atoms with van der Waals surface area (Å²) in [5.74, 6) is 0.0596. The first kappa shape index (κ1) is 12.9. The molecule has 4 nitrogen and oxygen atoms in total. The number of halogens is 1. The van der Waals surface area contributed by atoms with Gasteiger partial charge < -0.3 is 9.80 Å². The second kappa shape index (κ2) is 5.40. The van der Waals surface area contributed by atoms with Gasteiger partial charge in [-0.1, -0.05) is 11.6 Å². The molecule has 0 unspecified atom stereocenters. The lowest BCUT2D eigenvalue weighted by Gasteiger charge is -2.23. The molecule has 1 heterocycles. The van der Waals surface area contributed by atoms with E-state index in [-0.39, 0.29) is 12.5 Å². The summed E-state index contributed by atoms with van der Waals surface area (Å²) in [6.07, 6.45) is 1.68. The predicted molar refractivity (Wildman–Crippen MR) is 71.3 cm³/mol. The van der Waals surface area contributed by atoms with E-state index in [0.717, 1.165) is 31.5 Å². The van der Waals surface area contributed by atoms with Gasteiger partial charge >= 0.3 is 0 Å². The first-order valence-electron chi connectivity index (χ1n) is 5.85. The summed E-state index contributed by atoms with van der Waals surface area (Å²) >= 11 is 5.96. The molecule has 1 aliphatic rings. The van der Waals surface area contributed by atoms with Crippen LogP contribution in [0, 0.1) is 0 Å². The number of carbonyl (C=O) groups is 2. The molecule has 5 heteroatoms. The zero-order chi connectivity index (χ0) is 13.1. The van der Waals surface area contributed by atoms with Gasteiger partial charge in [-0.25, -0.2) is 0 Å². The van der Waals surface area contributed by atoms with E-state index < -0.39 is 0 Å². The molecule has 18 heavy (non-hydrogen) atoms. The second-order valence-corrected chi connectivity index (χ2v) is 4.85. The van der Waals surface area contributed by atoms with Gasteiger partial charge in [0.2, 0.25) is 5.91 Å². The number of hydrogen-bond donors (Lipinski definition) is 0. The lowest BCUT2D eigenvalue weighted by atomic mass is 10.1. The first-order valence-corrected chi connectivity index (χ1v) is 6.23. The summed E-state index contributed by atoms with van der Waals surface area (Å²) in [6.45, 7) is 1.78. The highest BCUT2D eigenvalue weighted by Gasteiger charge is 2.21. The average Bonchev–Trinajstić information content (AvgIpc) is 2.52. The molecule has 0 spiro atoms. The predicted octanol–water partition coefficient (Wildman–Crippen LogP) is 1.82. The van der Waals surface area contributed by atoms with E-state index in [4.69, 9.17) is 11.6 Å². The molecule has 0 bridgehead atoms. The summed E-state index contributed by atoms with van der Waals surface area (Å²) in [7, 11) is 1.80. The zero-order valence-corrected chi connectivity index (χ0v) is 11.0. The van der Waals surface area contributed by atoms with Crippen molar-refractivity contribution in [2.24, 2.45) is 0 Å².